The molecule has 0 aliphatic rings. The van der Waals surface area contributed by atoms with E-state index in [0.29, 0.717) is 0 Å². The summed E-state index contributed by atoms with van der Waals surface area (Å²) in [4.78, 5) is 2.42. The third-order valence-electron chi connectivity index (χ3n) is 11.2. The van der Waals surface area contributed by atoms with Crippen LogP contribution >= 0.6 is 0 Å². The molecule has 0 bridgehead atoms. The number of fused-ring (bicyclic) bond motifs is 7. The minimum atomic E-state index is 0.906. The van der Waals surface area contributed by atoms with Gasteiger partial charge in [0, 0.05) is 33.1 Å². The predicted octanol–water partition coefficient (Wildman–Crippen LogP) is 15.5. The first-order valence-electron chi connectivity index (χ1n) is 19.2. The standard InChI is InChI=1S/C54H35NO/c1-3-16-38(17-4-1)52-47-24-10-9-22-44(47)45-34-33-41(35-49(45)53(52)39-18-5-2-6-19-39)55(50-27-13-20-36-15-7-8-21-42(36)50)40-31-29-37(30-32-40)43-25-14-26-48-46-23-11-12-28-51(46)56-54(43)48/h1-35H. The molecule has 10 aromatic carbocycles. The van der Waals surface area contributed by atoms with Crippen molar-refractivity contribution in [2.45, 2.75) is 0 Å². The van der Waals surface area contributed by atoms with Gasteiger partial charge < -0.3 is 9.32 Å². The molecule has 0 aliphatic carbocycles. The molecule has 0 radical (unpaired) electrons. The lowest BCUT2D eigenvalue weighted by molar-refractivity contribution is 0.670. The summed E-state index contributed by atoms with van der Waals surface area (Å²) in [5, 5.41) is 9.60. The minimum absolute atomic E-state index is 0.906. The molecule has 0 atom stereocenters. The van der Waals surface area contributed by atoms with Crippen molar-refractivity contribution in [1.82, 2.24) is 0 Å². The molecule has 1 heterocycles. The Hall–Kier alpha value is -7.42. The van der Waals surface area contributed by atoms with Gasteiger partial charge in [0.15, 0.2) is 0 Å². The molecule has 0 spiro atoms. The molecule has 0 saturated heterocycles. The number of anilines is 3. The van der Waals surface area contributed by atoms with E-state index in [1.54, 1.807) is 0 Å². The van der Waals surface area contributed by atoms with Crippen molar-refractivity contribution in [1.29, 1.82) is 0 Å². The minimum Gasteiger partial charge on any atom is -0.455 e. The van der Waals surface area contributed by atoms with E-state index in [-0.39, 0.29) is 0 Å². The Bertz CT molecular complexity index is 3230. The van der Waals surface area contributed by atoms with Crippen LogP contribution in [0.3, 0.4) is 0 Å². The van der Waals surface area contributed by atoms with E-state index in [9.17, 15) is 0 Å². The van der Waals surface area contributed by atoms with Gasteiger partial charge in [0.2, 0.25) is 0 Å². The second kappa shape index (κ2) is 13.2. The van der Waals surface area contributed by atoms with Gasteiger partial charge in [-0.3, -0.25) is 0 Å². The Kier molecular flexibility index (Phi) is 7.53. The highest BCUT2D eigenvalue weighted by atomic mass is 16.3. The molecule has 2 nitrogen and oxygen atoms in total. The largest absolute Gasteiger partial charge is 0.455 e. The van der Waals surface area contributed by atoms with Gasteiger partial charge in [-0.2, -0.15) is 0 Å². The summed E-state index contributed by atoms with van der Waals surface area (Å²) in [6.07, 6.45) is 0. The lowest BCUT2D eigenvalue weighted by atomic mass is 9.85. The van der Waals surface area contributed by atoms with Crippen LogP contribution in [0.5, 0.6) is 0 Å². The van der Waals surface area contributed by atoms with Crippen LogP contribution < -0.4 is 4.90 Å². The molecule has 0 N–H and O–H groups in total. The van der Waals surface area contributed by atoms with Gasteiger partial charge in [-0.25, -0.2) is 0 Å². The zero-order valence-corrected chi connectivity index (χ0v) is 30.6. The van der Waals surface area contributed by atoms with Gasteiger partial charge in [-0.1, -0.05) is 176 Å². The van der Waals surface area contributed by atoms with Gasteiger partial charge in [-0.05, 0) is 91.1 Å². The lowest BCUT2D eigenvalue weighted by Gasteiger charge is -2.28. The summed E-state index contributed by atoms with van der Waals surface area (Å²) < 4.78 is 6.45. The van der Waals surface area contributed by atoms with E-state index in [1.165, 1.54) is 54.6 Å². The average molecular weight is 714 g/mol. The zero-order valence-electron chi connectivity index (χ0n) is 30.6. The summed E-state index contributed by atoms with van der Waals surface area (Å²) in [6, 6.07) is 76.5. The molecule has 56 heavy (non-hydrogen) atoms. The van der Waals surface area contributed by atoms with Crippen molar-refractivity contribution in [3.8, 4) is 33.4 Å². The Morgan fingerprint density at radius 3 is 1.64 bits per heavy atom. The highest BCUT2D eigenvalue weighted by Crippen LogP contribution is 2.48. The van der Waals surface area contributed by atoms with Gasteiger partial charge >= 0.3 is 0 Å². The summed E-state index contributed by atoms with van der Waals surface area (Å²) >= 11 is 0. The van der Waals surface area contributed by atoms with Crippen LogP contribution in [0, 0.1) is 0 Å². The summed E-state index contributed by atoms with van der Waals surface area (Å²) in [6.45, 7) is 0. The van der Waals surface area contributed by atoms with Crippen LogP contribution in [0.2, 0.25) is 0 Å². The molecule has 0 aliphatic heterocycles. The maximum absolute atomic E-state index is 6.45. The number of hydrogen-bond acceptors (Lipinski definition) is 2. The van der Waals surface area contributed by atoms with Crippen molar-refractivity contribution in [2.24, 2.45) is 0 Å². The van der Waals surface area contributed by atoms with Crippen LogP contribution in [-0.4, -0.2) is 0 Å². The fraction of sp³-hybridized carbons (Fsp3) is 0. The van der Waals surface area contributed by atoms with E-state index >= 15 is 0 Å². The first-order chi connectivity index (χ1) is 27.8. The summed E-state index contributed by atoms with van der Waals surface area (Å²) in [5.41, 5.74) is 12.2. The molecule has 262 valence electrons. The van der Waals surface area contributed by atoms with Crippen molar-refractivity contribution in [3.05, 3.63) is 212 Å². The summed E-state index contributed by atoms with van der Waals surface area (Å²) in [5.74, 6) is 0. The first-order valence-corrected chi connectivity index (χ1v) is 19.2. The quantitative estimate of drug-likeness (QED) is 0.160. The first kappa shape index (κ1) is 32.0. The molecular weight excluding hydrogens is 679 g/mol. The van der Waals surface area contributed by atoms with Crippen molar-refractivity contribution in [2.75, 3.05) is 4.90 Å². The van der Waals surface area contributed by atoms with E-state index in [2.05, 4.69) is 205 Å². The highest BCUT2D eigenvalue weighted by Gasteiger charge is 2.21. The zero-order chi connectivity index (χ0) is 37.0. The number of nitrogens with zero attached hydrogens (tertiary/aromatic N) is 1. The fourth-order valence-electron chi connectivity index (χ4n) is 8.72. The number of furan rings is 1. The third kappa shape index (κ3) is 5.19. The normalized spacial score (nSPS) is 11.6. The smallest absolute Gasteiger partial charge is 0.143 e. The van der Waals surface area contributed by atoms with Gasteiger partial charge in [-0.15, -0.1) is 0 Å². The van der Waals surface area contributed by atoms with Crippen LogP contribution in [0.15, 0.2) is 217 Å². The molecule has 11 rings (SSSR count). The predicted molar refractivity (Wildman–Crippen MR) is 237 cm³/mol. The average Bonchev–Trinajstić information content (AvgIpc) is 3.66. The van der Waals surface area contributed by atoms with Crippen molar-refractivity contribution < 1.29 is 4.42 Å². The number of benzene rings is 10. The SMILES string of the molecule is c1ccc(-c2c(-c3ccccc3)c3cc(N(c4ccc(-c5cccc6c5oc5ccccc56)cc4)c4cccc5ccccc45)ccc3c3ccccc23)cc1. The van der Waals surface area contributed by atoms with Gasteiger partial charge in [0.1, 0.15) is 11.2 Å². The van der Waals surface area contributed by atoms with Gasteiger partial charge in [0.05, 0.1) is 5.69 Å². The number of para-hydroxylation sites is 2. The molecule has 1 aromatic heterocycles. The lowest BCUT2D eigenvalue weighted by Crippen LogP contribution is -2.10. The van der Waals surface area contributed by atoms with Crippen LogP contribution in [0.1, 0.15) is 0 Å². The van der Waals surface area contributed by atoms with E-state index in [4.69, 9.17) is 4.42 Å². The molecule has 0 amide bonds. The molecular formula is C54H35NO. The second-order valence-electron chi connectivity index (χ2n) is 14.4. The molecule has 0 saturated carbocycles. The van der Waals surface area contributed by atoms with E-state index < -0.39 is 0 Å². The topological polar surface area (TPSA) is 16.4 Å². The molecule has 0 unspecified atom stereocenters. The van der Waals surface area contributed by atoms with Crippen LogP contribution in [-0.2, 0) is 0 Å². The second-order valence-corrected chi connectivity index (χ2v) is 14.4. The number of rotatable bonds is 6. The van der Waals surface area contributed by atoms with E-state index in [1.807, 2.05) is 12.1 Å². The van der Waals surface area contributed by atoms with Crippen molar-refractivity contribution >= 4 is 71.3 Å². The Balaban J connectivity index is 1.16. The Labute approximate surface area is 325 Å². The third-order valence-corrected chi connectivity index (χ3v) is 11.2. The maximum atomic E-state index is 6.45. The Morgan fingerprint density at radius 2 is 0.875 bits per heavy atom. The summed E-state index contributed by atoms with van der Waals surface area (Å²) in [7, 11) is 0. The van der Waals surface area contributed by atoms with Crippen molar-refractivity contribution in [3.63, 3.8) is 0 Å². The Morgan fingerprint density at radius 1 is 0.321 bits per heavy atom. The molecule has 11 aromatic rings. The monoisotopic (exact) mass is 713 g/mol. The number of hydrogen-bond donors (Lipinski definition) is 0. The molecule has 2 heteroatoms. The molecule has 0 fully saturated rings. The maximum Gasteiger partial charge on any atom is 0.143 e. The van der Waals surface area contributed by atoms with E-state index in [0.717, 1.165) is 50.1 Å². The van der Waals surface area contributed by atoms with Crippen LogP contribution in [0.4, 0.5) is 17.1 Å². The fourth-order valence-corrected chi connectivity index (χ4v) is 8.72. The van der Waals surface area contributed by atoms with Crippen LogP contribution in [0.25, 0.3) is 87.6 Å². The highest BCUT2D eigenvalue weighted by molar-refractivity contribution is 6.22. The van der Waals surface area contributed by atoms with Gasteiger partial charge in [0.25, 0.3) is 0 Å².